The third-order valence-electron chi connectivity index (χ3n) is 6.64. The first-order valence-corrected chi connectivity index (χ1v) is 15.3. The van der Waals surface area contributed by atoms with Crippen LogP contribution in [0.3, 0.4) is 0 Å². The summed E-state index contributed by atoms with van der Waals surface area (Å²) in [6.45, 7) is 9.06. The lowest BCUT2D eigenvalue weighted by Gasteiger charge is -2.32. The zero-order chi connectivity index (χ0) is 29.6. The molecule has 10 heteroatoms. The van der Waals surface area contributed by atoms with Crippen molar-refractivity contribution in [2.24, 2.45) is 0 Å². The van der Waals surface area contributed by atoms with E-state index >= 15 is 0 Å². The molecule has 1 N–H and O–H groups in total. The van der Waals surface area contributed by atoms with Crippen LogP contribution in [0.1, 0.15) is 50.3 Å². The van der Waals surface area contributed by atoms with Gasteiger partial charge in [-0.1, -0.05) is 72.9 Å². The lowest BCUT2D eigenvalue weighted by atomic mass is 10.0. The van der Waals surface area contributed by atoms with Gasteiger partial charge in [-0.2, -0.15) is 0 Å². The molecule has 0 spiro atoms. The number of hydrogen-bond donors (Lipinski definition) is 1. The molecule has 40 heavy (non-hydrogen) atoms. The van der Waals surface area contributed by atoms with Gasteiger partial charge in [-0.3, -0.25) is 13.9 Å². The van der Waals surface area contributed by atoms with Gasteiger partial charge in [0.05, 0.1) is 10.6 Å². The summed E-state index contributed by atoms with van der Waals surface area (Å²) in [7, 11) is -4.14. The van der Waals surface area contributed by atoms with E-state index < -0.39 is 28.5 Å². The van der Waals surface area contributed by atoms with E-state index in [9.17, 15) is 18.0 Å². The Morgan fingerprint density at radius 3 is 2.00 bits per heavy atom. The van der Waals surface area contributed by atoms with E-state index in [0.29, 0.717) is 27.8 Å². The molecule has 0 heterocycles. The third kappa shape index (κ3) is 7.36. The average Bonchev–Trinajstić information content (AvgIpc) is 2.91. The summed E-state index contributed by atoms with van der Waals surface area (Å²) in [6.07, 6.45) is 0. The highest BCUT2D eigenvalue weighted by Crippen LogP contribution is 2.29. The summed E-state index contributed by atoms with van der Waals surface area (Å²) in [5.74, 6) is -0.724. The number of rotatable bonds is 11. The van der Waals surface area contributed by atoms with Gasteiger partial charge in [0.1, 0.15) is 12.6 Å². The average molecular weight is 605 g/mol. The van der Waals surface area contributed by atoms with Gasteiger partial charge in [0, 0.05) is 28.7 Å². The summed E-state index contributed by atoms with van der Waals surface area (Å²) in [5, 5.41) is 3.40. The molecule has 0 aliphatic carbocycles. The number of carbonyl (C=O) groups excluding carboxylic acids is 2. The second-order valence-electron chi connectivity index (χ2n) is 9.86. The Morgan fingerprint density at radius 2 is 1.48 bits per heavy atom. The van der Waals surface area contributed by atoms with Crippen molar-refractivity contribution in [3.8, 4) is 0 Å². The lowest BCUT2D eigenvalue weighted by molar-refractivity contribution is -0.139. The Hall–Kier alpha value is -3.07. The van der Waals surface area contributed by atoms with Gasteiger partial charge in [-0.25, -0.2) is 8.42 Å². The molecule has 1 atom stereocenters. The summed E-state index contributed by atoms with van der Waals surface area (Å²) in [4.78, 5) is 28.2. The predicted octanol–water partition coefficient (Wildman–Crippen LogP) is 6.17. The van der Waals surface area contributed by atoms with Gasteiger partial charge in [0.2, 0.25) is 11.8 Å². The van der Waals surface area contributed by atoms with E-state index in [4.69, 9.17) is 23.2 Å². The van der Waals surface area contributed by atoms with Crippen LogP contribution in [0.2, 0.25) is 10.0 Å². The molecule has 3 rings (SSSR count). The molecule has 0 fully saturated rings. The third-order valence-corrected chi connectivity index (χ3v) is 9.14. The largest absolute Gasteiger partial charge is 0.355 e. The first-order valence-electron chi connectivity index (χ1n) is 13.1. The molecule has 0 saturated heterocycles. The van der Waals surface area contributed by atoms with Crippen LogP contribution in [-0.2, 0) is 26.2 Å². The fourth-order valence-corrected chi connectivity index (χ4v) is 6.08. The molecular formula is C30H35Cl2N3O4S. The number of likely N-dealkylation sites (N-methyl/N-ethyl adjacent to an activating group) is 1. The van der Waals surface area contributed by atoms with E-state index in [0.717, 1.165) is 15.4 Å². The minimum Gasteiger partial charge on any atom is -0.355 e. The molecule has 0 aliphatic heterocycles. The number of nitrogens with one attached hydrogen (secondary N) is 1. The van der Waals surface area contributed by atoms with Crippen LogP contribution in [0.15, 0.2) is 71.6 Å². The van der Waals surface area contributed by atoms with Crippen molar-refractivity contribution >= 4 is 50.7 Å². The number of hydrogen-bond acceptors (Lipinski definition) is 4. The Morgan fingerprint density at radius 1 is 0.900 bits per heavy atom. The molecule has 214 valence electrons. The van der Waals surface area contributed by atoms with E-state index in [1.54, 1.807) is 56.3 Å². The minimum atomic E-state index is -4.14. The van der Waals surface area contributed by atoms with E-state index in [1.165, 1.54) is 17.0 Å². The molecule has 2 amide bonds. The molecule has 0 aliphatic rings. The van der Waals surface area contributed by atoms with E-state index in [2.05, 4.69) is 5.32 Å². The standard InChI is InChI=1S/C30H35Cl2N3O4S/c1-6-33-30(37)22(5)34(18-26-27(31)8-7-9-28(26)32)29(36)19-35(24-14-12-23(13-15-24)20(2)3)40(38,39)25-16-10-21(4)11-17-25/h7-17,20,22H,6,18-19H2,1-5H3,(H,33,37)/t22-/m1/s1. The number of benzene rings is 3. The van der Waals surface area contributed by atoms with Crippen molar-refractivity contribution in [3.05, 3.63) is 93.5 Å². The van der Waals surface area contributed by atoms with Crippen LogP contribution < -0.4 is 9.62 Å². The summed E-state index contributed by atoms with van der Waals surface area (Å²) >= 11 is 12.8. The van der Waals surface area contributed by atoms with Crippen molar-refractivity contribution in [2.75, 3.05) is 17.4 Å². The molecule has 3 aromatic rings. The second-order valence-corrected chi connectivity index (χ2v) is 12.5. The Balaban J connectivity index is 2.08. The Kier molecular flexibility index (Phi) is 10.6. The predicted molar refractivity (Wildman–Crippen MR) is 161 cm³/mol. The normalized spacial score (nSPS) is 12.2. The molecule has 0 radical (unpaired) electrons. The second kappa shape index (κ2) is 13.5. The van der Waals surface area contributed by atoms with Gasteiger partial charge < -0.3 is 10.2 Å². The molecule has 7 nitrogen and oxygen atoms in total. The molecule has 0 bridgehead atoms. The first kappa shape index (κ1) is 31.5. The molecule has 3 aromatic carbocycles. The highest BCUT2D eigenvalue weighted by molar-refractivity contribution is 7.92. The van der Waals surface area contributed by atoms with Gasteiger partial charge in [0.15, 0.2) is 0 Å². The number of amides is 2. The van der Waals surface area contributed by atoms with Crippen LogP contribution in [0.25, 0.3) is 0 Å². The number of sulfonamides is 1. The number of halogens is 2. The van der Waals surface area contributed by atoms with Crippen LogP contribution in [0.5, 0.6) is 0 Å². The van der Waals surface area contributed by atoms with Gasteiger partial charge in [-0.05, 0) is 68.7 Å². The highest BCUT2D eigenvalue weighted by Gasteiger charge is 2.33. The van der Waals surface area contributed by atoms with Crippen molar-refractivity contribution in [3.63, 3.8) is 0 Å². The summed E-state index contributed by atoms with van der Waals surface area (Å²) in [6, 6.07) is 17.6. The van der Waals surface area contributed by atoms with Crippen LogP contribution >= 0.6 is 23.2 Å². The zero-order valence-corrected chi connectivity index (χ0v) is 25.6. The smallest absolute Gasteiger partial charge is 0.264 e. The topological polar surface area (TPSA) is 86.8 Å². The number of carbonyl (C=O) groups is 2. The maximum absolute atomic E-state index is 14.0. The minimum absolute atomic E-state index is 0.0521. The maximum Gasteiger partial charge on any atom is 0.264 e. The van der Waals surface area contributed by atoms with Gasteiger partial charge >= 0.3 is 0 Å². The fourth-order valence-electron chi connectivity index (χ4n) is 4.15. The van der Waals surface area contributed by atoms with Gasteiger partial charge in [0.25, 0.3) is 10.0 Å². The molecule has 0 unspecified atom stereocenters. The summed E-state index contributed by atoms with van der Waals surface area (Å²) in [5.41, 5.74) is 2.73. The number of anilines is 1. The monoisotopic (exact) mass is 603 g/mol. The lowest BCUT2D eigenvalue weighted by Crippen LogP contribution is -2.51. The van der Waals surface area contributed by atoms with Gasteiger partial charge in [-0.15, -0.1) is 0 Å². The highest BCUT2D eigenvalue weighted by atomic mass is 35.5. The number of nitrogens with zero attached hydrogens (tertiary/aromatic N) is 2. The molecular weight excluding hydrogens is 569 g/mol. The Bertz CT molecular complexity index is 1420. The van der Waals surface area contributed by atoms with E-state index in [-0.39, 0.29) is 23.3 Å². The quantitative estimate of drug-likeness (QED) is 0.284. The SMILES string of the molecule is CCNC(=O)[C@@H](C)N(Cc1c(Cl)cccc1Cl)C(=O)CN(c1ccc(C(C)C)cc1)S(=O)(=O)c1ccc(C)cc1. The molecule has 0 saturated carbocycles. The van der Waals surface area contributed by atoms with Crippen LogP contribution in [0.4, 0.5) is 5.69 Å². The zero-order valence-electron chi connectivity index (χ0n) is 23.3. The van der Waals surface area contributed by atoms with Crippen molar-refractivity contribution in [1.82, 2.24) is 10.2 Å². The first-order chi connectivity index (χ1) is 18.9. The van der Waals surface area contributed by atoms with Crippen molar-refractivity contribution in [1.29, 1.82) is 0 Å². The molecule has 0 aromatic heterocycles. The summed E-state index contributed by atoms with van der Waals surface area (Å²) < 4.78 is 28.9. The van der Waals surface area contributed by atoms with Crippen LogP contribution in [-0.4, -0.2) is 44.3 Å². The number of aryl methyl sites for hydroxylation is 1. The Labute approximate surface area is 247 Å². The van der Waals surface area contributed by atoms with E-state index in [1.807, 2.05) is 32.9 Å². The van der Waals surface area contributed by atoms with Crippen molar-refractivity contribution < 1.29 is 18.0 Å². The fraction of sp³-hybridized carbons (Fsp3) is 0.333. The van der Waals surface area contributed by atoms with Crippen LogP contribution in [0, 0.1) is 6.92 Å². The van der Waals surface area contributed by atoms with Crippen molar-refractivity contribution in [2.45, 2.75) is 58.0 Å². The maximum atomic E-state index is 14.0.